The summed E-state index contributed by atoms with van der Waals surface area (Å²) >= 11 is 0. The molecule has 0 saturated heterocycles. The van der Waals surface area contributed by atoms with Crippen molar-refractivity contribution in [3.05, 3.63) is 75.9 Å². The van der Waals surface area contributed by atoms with Crippen molar-refractivity contribution in [1.82, 2.24) is 0 Å². The topological polar surface area (TPSA) is 102 Å². The molecule has 0 spiro atoms. The van der Waals surface area contributed by atoms with Crippen molar-refractivity contribution in [2.45, 2.75) is 6.18 Å². The van der Waals surface area contributed by atoms with Crippen LogP contribution in [0.5, 0.6) is 11.5 Å². The number of rotatable bonds is 6. The molecule has 0 atom stereocenters. The average molecular weight is 392 g/mol. The highest BCUT2D eigenvalue weighted by molar-refractivity contribution is 5.94. The van der Waals surface area contributed by atoms with E-state index in [9.17, 15) is 28.1 Å². The van der Waals surface area contributed by atoms with Gasteiger partial charge in [0.05, 0.1) is 22.1 Å². The number of nitrogens with zero attached hydrogens (tertiary/aromatic N) is 2. The number of esters is 1. The Bertz CT molecular complexity index is 980. The smallest absolute Gasteiger partial charge is 0.417 e. The van der Waals surface area contributed by atoms with Crippen LogP contribution in [0, 0.1) is 21.4 Å². The lowest BCUT2D eigenvalue weighted by Gasteiger charge is -2.11. The van der Waals surface area contributed by atoms with Gasteiger partial charge in [0.2, 0.25) is 0 Å². The molecule has 0 aliphatic carbocycles. The number of nitro benzene ring substituents is 1. The number of alkyl halides is 3. The largest absolute Gasteiger partial charge is 0.458 e. The zero-order chi connectivity index (χ0) is 20.9. The number of carbonyl (C=O) groups excluding carboxylic acids is 1. The van der Waals surface area contributed by atoms with Crippen LogP contribution in [-0.2, 0) is 10.9 Å². The first kappa shape index (κ1) is 20.4. The van der Waals surface area contributed by atoms with Crippen LogP contribution < -0.4 is 4.74 Å². The van der Waals surface area contributed by atoms with Crippen LogP contribution in [-0.4, -0.2) is 17.5 Å². The van der Waals surface area contributed by atoms with Gasteiger partial charge >= 0.3 is 12.1 Å². The van der Waals surface area contributed by atoms with Crippen molar-refractivity contribution in [1.29, 1.82) is 5.26 Å². The third-order valence-electron chi connectivity index (χ3n) is 3.37. The van der Waals surface area contributed by atoms with Gasteiger partial charge < -0.3 is 9.47 Å². The molecule has 0 N–H and O–H groups in total. The van der Waals surface area contributed by atoms with Crippen LogP contribution in [0.1, 0.15) is 21.5 Å². The van der Waals surface area contributed by atoms with E-state index in [1.807, 2.05) is 0 Å². The van der Waals surface area contributed by atoms with E-state index in [-0.39, 0.29) is 18.1 Å². The lowest BCUT2D eigenvalue weighted by Crippen LogP contribution is -2.09. The standard InChI is InChI=1S/C18H11F3N2O5/c1-2-7-27-17(24)14-9-13(4-6-16(14)23(25)26)28-12-3-5-15(18(19,20)21)11(8-12)10-22/h2-6,8-9H,1,7H2. The van der Waals surface area contributed by atoms with Crippen molar-refractivity contribution in [2.75, 3.05) is 6.61 Å². The van der Waals surface area contributed by atoms with E-state index in [2.05, 4.69) is 6.58 Å². The Kier molecular flexibility index (Phi) is 6.00. The molecular formula is C18H11F3N2O5. The van der Waals surface area contributed by atoms with E-state index in [0.29, 0.717) is 6.07 Å². The molecule has 28 heavy (non-hydrogen) atoms. The van der Waals surface area contributed by atoms with Gasteiger partial charge in [-0.2, -0.15) is 18.4 Å². The van der Waals surface area contributed by atoms with Crippen LogP contribution in [0.3, 0.4) is 0 Å². The predicted molar refractivity (Wildman–Crippen MR) is 89.8 cm³/mol. The molecule has 0 aliphatic rings. The molecule has 2 rings (SSSR count). The van der Waals surface area contributed by atoms with Crippen molar-refractivity contribution >= 4 is 11.7 Å². The number of nitro groups is 1. The summed E-state index contributed by atoms with van der Waals surface area (Å²) in [6, 6.07) is 7.15. The van der Waals surface area contributed by atoms with Gasteiger partial charge in [-0.3, -0.25) is 10.1 Å². The summed E-state index contributed by atoms with van der Waals surface area (Å²) in [6.45, 7) is 3.18. The maximum Gasteiger partial charge on any atom is 0.417 e. The Morgan fingerprint density at radius 1 is 1.25 bits per heavy atom. The molecule has 0 heterocycles. The molecule has 0 aliphatic heterocycles. The number of benzene rings is 2. The van der Waals surface area contributed by atoms with Gasteiger partial charge in [-0.05, 0) is 24.3 Å². The third kappa shape index (κ3) is 4.64. The molecular weight excluding hydrogens is 381 g/mol. The summed E-state index contributed by atoms with van der Waals surface area (Å²) in [4.78, 5) is 22.3. The minimum atomic E-state index is -4.71. The van der Waals surface area contributed by atoms with E-state index in [1.54, 1.807) is 0 Å². The average Bonchev–Trinajstić information content (AvgIpc) is 2.64. The number of nitriles is 1. The van der Waals surface area contributed by atoms with Gasteiger partial charge in [0.15, 0.2) is 0 Å². The van der Waals surface area contributed by atoms with Crippen molar-refractivity contribution in [3.8, 4) is 17.6 Å². The first-order valence-corrected chi connectivity index (χ1v) is 7.53. The SMILES string of the molecule is C=CCOC(=O)c1cc(Oc2ccc(C(F)(F)F)c(C#N)c2)ccc1[N+](=O)[O-]. The van der Waals surface area contributed by atoms with E-state index in [4.69, 9.17) is 14.7 Å². The van der Waals surface area contributed by atoms with Gasteiger partial charge in [-0.1, -0.05) is 12.7 Å². The molecule has 144 valence electrons. The van der Waals surface area contributed by atoms with Gasteiger partial charge in [-0.25, -0.2) is 4.79 Å². The van der Waals surface area contributed by atoms with Gasteiger partial charge in [0.25, 0.3) is 5.69 Å². The van der Waals surface area contributed by atoms with E-state index < -0.39 is 39.4 Å². The molecule has 2 aromatic carbocycles. The van der Waals surface area contributed by atoms with Crippen molar-refractivity contribution < 1.29 is 32.4 Å². The highest BCUT2D eigenvalue weighted by Crippen LogP contribution is 2.35. The molecule has 0 radical (unpaired) electrons. The lowest BCUT2D eigenvalue weighted by atomic mass is 10.1. The van der Waals surface area contributed by atoms with E-state index in [1.165, 1.54) is 12.1 Å². The van der Waals surface area contributed by atoms with Crippen molar-refractivity contribution in [2.24, 2.45) is 0 Å². The van der Waals surface area contributed by atoms with Crippen LogP contribution in [0.4, 0.5) is 18.9 Å². The van der Waals surface area contributed by atoms with E-state index in [0.717, 1.165) is 30.3 Å². The van der Waals surface area contributed by atoms with Crippen LogP contribution in [0.2, 0.25) is 0 Å². The molecule has 0 amide bonds. The Morgan fingerprint density at radius 3 is 2.46 bits per heavy atom. The molecule has 0 bridgehead atoms. The highest BCUT2D eigenvalue weighted by atomic mass is 19.4. The molecule has 7 nitrogen and oxygen atoms in total. The minimum Gasteiger partial charge on any atom is -0.458 e. The van der Waals surface area contributed by atoms with Crippen LogP contribution in [0.15, 0.2) is 49.1 Å². The number of carbonyl (C=O) groups is 1. The number of hydrogen-bond donors (Lipinski definition) is 0. The Balaban J connectivity index is 2.39. The molecule has 0 saturated carbocycles. The molecule has 0 fully saturated rings. The highest BCUT2D eigenvalue weighted by Gasteiger charge is 2.33. The molecule has 2 aromatic rings. The summed E-state index contributed by atoms with van der Waals surface area (Å²) in [7, 11) is 0. The predicted octanol–water partition coefficient (Wildman–Crippen LogP) is 4.62. The van der Waals surface area contributed by atoms with Gasteiger partial charge in [0, 0.05) is 12.1 Å². The molecule has 0 aromatic heterocycles. The summed E-state index contributed by atoms with van der Waals surface area (Å²) in [5.74, 6) is -1.19. The first-order chi connectivity index (χ1) is 13.2. The van der Waals surface area contributed by atoms with Gasteiger partial charge in [0.1, 0.15) is 23.7 Å². The zero-order valence-electron chi connectivity index (χ0n) is 14.0. The second-order valence-corrected chi connectivity index (χ2v) is 5.24. The van der Waals surface area contributed by atoms with Crippen LogP contribution >= 0.6 is 0 Å². The summed E-state index contributed by atoms with van der Waals surface area (Å²) in [5.41, 5.74) is -2.72. The maximum absolute atomic E-state index is 12.8. The molecule has 0 unspecified atom stereocenters. The number of halogens is 3. The van der Waals surface area contributed by atoms with Gasteiger partial charge in [-0.15, -0.1) is 0 Å². The molecule has 10 heteroatoms. The normalized spacial score (nSPS) is 10.6. The fourth-order valence-electron chi connectivity index (χ4n) is 2.18. The Morgan fingerprint density at radius 2 is 1.89 bits per heavy atom. The third-order valence-corrected chi connectivity index (χ3v) is 3.37. The van der Waals surface area contributed by atoms with Crippen molar-refractivity contribution in [3.63, 3.8) is 0 Å². The lowest BCUT2D eigenvalue weighted by molar-refractivity contribution is -0.385. The van der Waals surface area contributed by atoms with E-state index >= 15 is 0 Å². The number of hydrogen-bond acceptors (Lipinski definition) is 6. The second kappa shape index (κ2) is 8.22. The Labute approximate surface area is 156 Å². The first-order valence-electron chi connectivity index (χ1n) is 7.53. The van der Waals surface area contributed by atoms with Crippen LogP contribution in [0.25, 0.3) is 0 Å². The second-order valence-electron chi connectivity index (χ2n) is 5.24. The zero-order valence-corrected chi connectivity index (χ0v) is 14.0. The summed E-state index contributed by atoms with van der Waals surface area (Å²) in [6.07, 6.45) is -3.44. The fraction of sp³-hybridized carbons (Fsp3) is 0.111. The minimum absolute atomic E-state index is 0.0696. The maximum atomic E-state index is 12.8. The quantitative estimate of drug-likeness (QED) is 0.308. The summed E-state index contributed by atoms with van der Waals surface area (Å²) < 4.78 is 48.7. The number of ether oxygens (including phenoxy) is 2. The monoisotopic (exact) mass is 392 g/mol. The fourth-order valence-corrected chi connectivity index (χ4v) is 2.18. The summed E-state index contributed by atoms with van der Waals surface area (Å²) in [5, 5.41) is 20.0. The Hall–Kier alpha value is -3.87.